The average molecular weight is 428 g/mol. The van der Waals surface area contributed by atoms with E-state index in [1.807, 2.05) is 54.6 Å². The van der Waals surface area contributed by atoms with Gasteiger partial charge in [-0.25, -0.2) is 4.98 Å². The molecular weight excluding hydrogens is 406 g/mol. The van der Waals surface area contributed by atoms with E-state index in [2.05, 4.69) is 30.2 Å². The molecule has 4 aromatic rings. The summed E-state index contributed by atoms with van der Waals surface area (Å²) in [5, 5.41) is 13.6. The van der Waals surface area contributed by atoms with Gasteiger partial charge in [-0.05, 0) is 29.2 Å². The normalized spacial score (nSPS) is 10.9. The molecule has 0 fully saturated rings. The molecule has 154 valence electrons. The maximum Gasteiger partial charge on any atom is 0.253 e. The summed E-state index contributed by atoms with van der Waals surface area (Å²) in [6.07, 6.45) is 0. The maximum absolute atomic E-state index is 12.4. The third kappa shape index (κ3) is 3.69. The van der Waals surface area contributed by atoms with Crippen LogP contribution < -0.4 is 16.8 Å². The predicted octanol–water partition coefficient (Wildman–Crippen LogP) is 5.38. The Bertz CT molecular complexity index is 1320. The van der Waals surface area contributed by atoms with E-state index >= 15 is 0 Å². The minimum Gasteiger partial charge on any atom is -0.383 e. The molecule has 7 heteroatoms. The van der Waals surface area contributed by atoms with Gasteiger partial charge in [0.05, 0.1) is 10.2 Å². The van der Waals surface area contributed by atoms with Crippen LogP contribution in [0.4, 0.5) is 16.5 Å². The lowest BCUT2D eigenvalue weighted by Crippen LogP contribution is -2.13. The molecule has 6 nitrogen and oxygen atoms in total. The monoisotopic (exact) mass is 427 g/mol. The number of nitrogens with one attached hydrogen (secondary N) is 1. The molecule has 0 aliphatic carbocycles. The molecule has 0 unspecified atom stereocenters. The first-order chi connectivity index (χ1) is 14.9. The number of nitrogen functional groups attached to an aromatic ring is 1. The molecule has 5 N–H and O–H groups in total. The van der Waals surface area contributed by atoms with Crippen LogP contribution in [-0.2, 0) is 0 Å². The van der Waals surface area contributed by atoms with Crippen LogP contribution in [0.5, 0.6) is 0 Å². The Morgan fingerprint density at radius 3 is 2.39 bits per heavy atom. The Kier molecular flexibility index (Phi) is 5.32. The average Bonchev–Trinajstić information content (AvgIpc) is 3.11. The van der Waals surface area contributed by atoms with Crippen molar-refractivity contribution in [2.24, 2.45) is 5.73 Å². The topological polar surface area (TPSA) is 118 Å². The Balaban J connectivity index is 1.94. The van der Waals surface area contributed by atoms with Crippen molar-refractivity contribution in [3.05, 3.63) is 71.3 Å². The number of amides is 1. The number of nitrogens with two attached hydrogens (primary N) is 2. The van der Waals surface area contributed by atoms with Gasteiger partial charge in [-0.15, -0.1) is 11.3 Å². The molecule has 4 rings (SSSR count). The van der Waals surface area contributed by atoms with Crippen LogP contribution in [0.1, 0.15) is 41.3 Å². The van der Waals surface area contributed by atoms with Crippen molar-refractivity contribution >= 4 is 44.0 Å². The van der Waals surface area contributed by atoms with E-state index in [9.17, 15) is 10.1 Å². The van der Waals surface area contributed by atoms with Crippen LogP contribution in [0.3, 0.4) is 0 Å². The summed E-state index contributed by atoms with van der Waals surface area (Å²) in [5.74, 6) is -0.116. The fourth-order valence-electron chi connectivity index (χ4n) is 3.51. The first-order valence-corrected chi connectivity index (χ1v) is 10.6. The van der Waals surface area contributed by atoms with Crippen LogP contribution in [0.2, 0.25) is 0 Å². The predicted molar refractivity (Wildman–Crippen MR) is 127 cm³/mol. The molecular formula is C24H21N5OS. The number of rotatable bonds is 5. The van der Waals surface area contributed by atoms with E-state index in [4.69, 9.17) is 11.5 Å². The molecule has 0 aliphatic rings. The summed E-state index contributed by atoms with van der Waals surface area (Å²) < 4.78 is 0.687. The number of hydrogen-bond donors (Lipinski definition) is 3. The van der Waals surface area contributed by atoms with Crippen LogP contribution >= 0.6 is 11.3 Å². The SMILES string of the molecule is CC(C)c1ccc(Nc2sc3c(-c4ccccc4)c(C#N)c(N)nc3c2C(N)=O)cc1. The molecule has 0 saturated heterocycles. The minimum atomic E-state index is -0.608. The molecule has 2 aromatic heterocycles. The molecule has 31 heavy (non-hydrogen) atoms. The summed E-state index contributed by atoms with van der Waals surface area (Å²) in [6, 6.07) is 19.6. The van der Waals surface area contributed by atoms with Crippen LogP contribution in [0, 0.1) is 11.3 Å². The lowest BCUT2D eigenvalue weighted by atomic mass is 10.00. The standard InChI is InChI=1S/C24H21N5OS/c1-13(2)14-8-10-16(11-9-14)28-24-19(23(27)30)20-21(31-24)18(15-6-4-3-5-7-15)17(12-25)22(26)29-20/h3-11,13,28H,1-2H3,(H2,26,29)(H2,27,30). The molecule has 0 bridgehead atoms. The van der Waals surface area contributed by atoms with Crippen molar-refractivity contribution in [1.29, 1.82) is 5.26 Å². The Morgan fingerprint density at radius 1 is 1.13 bits per heavy atom. The van der Waals surface area contributed by atoms with Gasteiger partial charge in [0, 0.05) is 11.3 Å². The van der Waals surface area contributed by atoms with Gasteiger partial charge in [0.25, 0.3) is 5.91 Å². The van der Waals surface area contributed by atoms with Crippen molar-refractivity contribution < 1.29 is 4.79 Å². The van der Waals surface area contributed by atoms with Crippen molar-refractivity contribution in [3.8, 4) is 17.2 Å². The van der Waals surface area contributed by atoms with E-state index in [0.717, 1.165) is 11.3 Å². The zero-order valence-electron chi connectivity index (χ0n) is 17.1. The summed E-state index contributed by atoms with van der Waals surface area (Å²) in [5.41, 5.74) is 16.3. The number of benzene rings is 2. The highest BCUT2D eigenvalue weighted by atomic mass is 32.1. The van der Waals surface area contributed by atoms with E-state index in [-0.39, 0.29) is 16.9 Å². The highest BCUT2D eigenvalue weighted by Crippen LogP contribution is 2.44. The number of carbonyl (C=O) groups is 1. The van der Waals surface area contributed by atoms with E-state index in [0.29, 0.717) is 26.7 Å². The lowest BCUT2D eigenvalue weighted by molar-refractivity contribution is 0.100. The summed E-state index contributed by atoms with van der Waals surface area (Å²) >= 11 is 1.34. The molecule has 1 amide bonds. The molecule has 0 atom stereocenters. The second-order valence-electron chi connectivity index (χ2n) is 7.47. The van der Waals surface area contributed by atoms with Crippen molar-refractivity contribution in [3.63, 3.8) is 0 Å². The number of aromatic nitrogens is 1. The van der Waals surface area contributed by atoms with Gasteiger partial charge in [-0.1, -0.05) is 56.3 Å². The van der Waals surface area contributed by atoms with E-state index in [1.165, 1.54) is 16.9 Å². The Hall–Kier alpha value is -3.89. The first kappa shape index (κ1) is 20.4. The van der Waals surface area contributed by atoms with Gasteiger partial charge in [0.2, 0.25) is 0 Å². The highest BCUT2D eigenvalue weighted by Gasteiger charge is 2.24. The molecule has 0 aliphatic heterocycles. The van der Waals surface area contributed by atoms with Crippen LogP contribution in [-0.4, -0.2) is 10.9 Å². The van der Waals surface area contributed by atoms with Gasteiger partial charge in [0.15, 0.2) is 0 Å². The molecule has 2 heterocycles. The fraction of sp³-hybridized carbons (Fsp3) is 0.125. The largest absolute Gasteiger partial charge is 0.383 e. The van der Waals surface area contributed by atoms with Crippen molar-refractivity contribution in [1.82, 2.24) is 4.98 Å². The quantitative estimate of drug-likeness (QED) is 0.395. The zero-order valence-corrected chi connectivity index (χ0v) is 18.0. The fourth-order valence-corrected chi connectivity index (χ4v) is 4.75. The smallest absolute Gasteiger partial charge is 0.253 e. The third-order valence-electron chi connectivity index (χ3n) is 5.10. The first-order valence-electron chi connectivity index (χ1n) is 9.79. The summed E-state index contributed by atoms with van der Waals surface area (Å²) in [7, 11) is 0. The molecule has 2 aromatic carbocycles. The lowest BCUT2D eigenvalue weighted by Gasteiger charge is -2.09. The van der Waals surface area contributed by atoms with Gasteiger partial charge < -0.3 is 16.8 Å². The van der Waals surface area contributed by atoms with Crippen molar-refractivity contribution in [2.75, 3.05) is 11.1 Å². The van der Waals surface area contributed by atoms with Crippen LogP contribution in [0.25, 0.3) is 21.3 Å². The number of fused-ring (bicyclic) bond motifs is 1. The van der Waals surface area contributed by atoms with Crippen molar-refractivity contribution in [2.45, 2.75) is 19.8 Å². The molecule has 0 saturated carbocycles. The second-order valence-corrected chi connectivity index (χ2v) is 8.50. The summed E-state index contributed by atoms with van der Waals surface area (Å²) in [4.78, 5) is 16.8. The van der Waals surface area contributed by atoms with Crippen LogP contribution in [0.15, 0.2) is 54.6 Å². The number of nitrogens with zero attached hydrogens (tertiary/aromatic N) is 2. The number of hydrogen-bond acceptors (Lipinski definition) is 6. The Labute approximate surface area is 184 Å². The molecule has 0 spiro atoms. The minimum absolute atomic E-state index is 0.0713. The number of anilines is 3. The van der Waals surface area contributed by atoms with Gasteiger partial charge in [0.1, 0.15) is 28.0 Å². The molecule has 0 radical (unpaired) electrons. The highest BCUT2D eigenvalue weighted by molar-refractivity contribution is 7.24. The van der Waals surface area contributed by atoms with Gasteiger partial charge >= 0.3 is 0 Å². The van der Waals surface area contributed by atoms with E-state index < -0.39 is 5.91 Å². The van der Waals surface area contributed by atoms with E-state index in [1.54, 1.807) is 0 Å². The van der Waals surface area contributed by atoms with Gasteiger partial charge in [-0.3, -0.25) is 4.79 Å². The zero-order chi connectivity index (χ0) is 22.1. The maximum atomic E-state index is 12.4. The second kappa shape index (κ2) is 8.09. The number of primary amides is 1. The summed E-state index contributed by atoms with van der Waals surface area (Å²) in [6.45, 7) is 4.27. The Morgan fingerprint density at radius 2 is 1.81 bits per heavy atom. The number of nitriles is 1. The number of pyridine rings is 1. The van der Waals surface area contributed by atoms with Gasteiger partial charge in [-0.2, -0.15) is 5.26 Å². The number of carbonyl (C=O) groups excluding carboxylic acids is 1. The number of thiophene rings is 1. The third-order valence-corrected chi connectivity index (χ3v) is 6.22.